The normalized spacial score (nSPS) is 14.7. The standard InChI is InChI=1S/C19H34N2O4/c1-10-25-18(24)13(4)11-15(12(2)3)21(9)17(23)16(19(6,7)8)20-14(5)22/h11-12,15-16H,10H2,1-9H3,(H,20,22)/b13-11+. The third-order valence-electron chi connectivity index (χ3n) is 3.96. The molecule has 0 rings (SSSR count). The highest BCUT2D eigenvalue weighted by Crippen LogP contribution is 2.23. The number of hydrogen-bond donors (Lipinski definition) is 1. The molecule has 2 unspecified atom stereocenters. The van der Waals surface area contributed by atoms with E-state index in [0.717, 1.165) is 0 Å². The van der Waals surface area contributed by atoms with Gasteiger partial charge in [0.25, 0.3) is 0 Å². The quantitative estimate of drug-likeness (QED) is 0.563. The molecule has 0 heterocycles. The second kappa shape index (κ2) is 9.59. The molecule has 0 aliphatic carbocycles. The van der Waals surface area contributed by atoms with Gasteiger partial charge in [0.1, 0.15) is 6.04 Å². The van der Waals surface area contributed by atoms with Crippen LogP contribution in [0.25, 0.3) is 0 Å². The van der Waals surface area contributed by atoms with Crippen molar-refractivity contribution in [3.05, 3.63) is 11.6 Å². The van der Waals surface area contributed by atoms with E-state index in [0.29, 0.717) is 12.2 Å². The zero-order valence-electron chi connectivity index (χ0n) is 17.1. The number of esters is 1. The molecule has 6 heteroatoms. The Labute approximate surface area is 152 Å². The van der Waals surface area contributed by atoms with E-state index in [1.54, 1.807) is 31.9 Å². The van der Waals surface area contributed by atoms with E-state index in [9.17, 15) is 14.4 Å². The van der Waals surface area contributed by atoms with Crippen LogP contribution in [0.1, 0.15) is 55.4 Å². The highest BCUT2D eigenvalue weighted by atomic mass is 16.5. The van der Waals surface area contributed by atoms with Crippen molar-refractivity contribution < 1.29 is 19.1 Å². The maximum absolute atomic E-state index is 13.0. The Hall–Kier alpha value is -1.85. The largest absolute Gasteiger partial charge is 0.463 e. The molecule has 6 nitrogen and oxygen atoms in total. The van der Waals surface area contributed by atoms with Crippen LogP contribution in [0.2, 0.25) is 0 Å². The molecule has 0 spiro atoms. The first-order chi connectivity index (χ1) is 11.3. The highest BCUT2D eigenvalue weighted by molar-refractivity contribution is 5.89. The van der Waals surface area contributed by atoms with Crippen LogP contribution in [0.4, 0.5) is 0 Å². The molecule has 0 radical (unpaired) electrons. The molecule has 0 bridgehead atoms. The second-order valence-electron chi connectivity index (χ2n) is 7.75. The van der Waals surface area contributed by atoms with Crippen LogP contribution in [0.5, 0.6) is 0 Å². The zero-order valence-corrected chi connectivity index (χ0v) is 17.1. The van der Waals surface area contributed by atoms with E-state index in [1.165, 1.54) is 6.92 Å². The van der Waals surface area contributed by atoms with Crippen LogP contribution < -0.4 is 5.32 Å². The predicted molar refractivity (Wildman–Crippen MR) is 98.8 cm³/mol. The number of nitrogens with one attached hydrogen (secondary N) is 1. The number of rotatable bonds is 7. The fraction of sp³-hybridized carbons (Fsp3) is 0.737. The Morgan fingerprint density at radius 1 is 1.16 bits per heavy atom. The molecule has 144 valence electrons. The van der Waals surface area contributed by atoms with Crippen LogP contribution in [0.15, 0.2) is 11.6 Å². The number of amides is 2. The van der Waals surface area contributed by atoms with Crippen molar-refractivity contribution in [2.24, 2.45) is 11.3 Å². The average molecular weight is 354 g/mol. The summed E-state index contributed by atoms with van der Waals surface area (Å²) in [6.07, 6.45) is 1.76. The van der Waals surface area contributed by atoms with Crippen LogP contribution in [0.3, 0.4) is 0 Å². The van der Waals surface area contributed by atoms with Crippen LogP contribution in [-0.4, -0.2) is 48.4 Å². The summed E-state index contributed by atoms with van der Waals surface area (Å²) in [5.41, 5.74) is 0.0327. The van der Waals surface area contributed by atoms with Gasteiger partial charge in [0, 0.05) is 19.5 Å². The number of carbonyl (C=O) groups excluding carboxylic acids is 3. The summed E-state index contributed by atoms with van der Waals surface area (Å²) in [5.74, 6) is -0.727. The lowest BCUT2D eigenvalue weighted by Gasteiger charge is -2.37. The highest BCUT2D eigenvalue weighted by Gasteiger charge is 2.36. The van der Waals surface area contributed by atoms with Gasteiger partial charge in [-0.1, -0.05) is 40.7 Å². The van der Waals surface area contributed by atoms with Gasteiger partial charge in [-0.15, -0.1) is 0 Å². The van der Waals surface area contributed by atoms with Crippen LogP contribution in [-0.2, 0) is 19.1 Å². The molecule has 0 aliphatic heterocycles. The Morgan fingerprint density at radius 2 is 1.68 bits per heavy atom. The summed E-state index contributed by atoms with van der Waals surface area (Å²) in [6, 6.07) is -0.928. The number of ether oxygens (including phenoxy) is 1. The molecule has 0 aliphatic rings. The van der Waals surface area contributed by atoms with Gasteiger partial charge in [-0.3, -0.25) is 9.59 Å². The summed E-state index contributed by atoms with van der Waals surface area (Å²) < 4.78 is 5.01. The molecule has 25 heavy (non-hydrogen) atoms. The van der Waals surface area contributed by atoms with Crippen molar-refractivity contribution in [2.75, 3.05) is 13.7 Å². The second-order valence-corrected chi connectivity index (χ2v) is 7.75. The SMILES string of the molecule is CCOC(=O)/C(C)=C/C(C(C)C)N(C)C(=O)C(NC(C)=O)C(C)(C)C. The lowest BCUT2D eigenvalue weighted by Crippen LogP contribution is -2.56. The fourth-order valence-electron chi connectivity index (χ4n) is 2.52. The summed E-state index contributed by atoms with van der Waals surface area (Å²) in [7, 11) is 1.70. The molecule has 1 N–H and O–H groups in total. The molecule has 0 saturated heterocycles. The van der Waals surface area contributed by atoms with E-state index in [4.69, 9.17) is 4.74 Å². The van der Waals surface area contributed by atoms with Crippen molar-refractivity contribution in [1.82, 2.24) is 10.2 Å². The Morgan fingerprint density at radius 3 is 2.04 bits per heavy atom. The molecule has 2 atom stereocenters. The first-order valence-electron chi connectivity index (χ1n) is 8.72. The first-order valence-corrected chi connectivity index (χ1v) is 8.72. The fourth-order valence-corrected chi connectivity index (χ4v) is 2.52. The van der Waals surface area contributed by atoms with Crippen LogP contribution in [0, 0.1) is 11.3 Å². The minimum absolute atomic E-state index is 0.0938. The van der Waals surface area contributed by atoms with E-state index < -0.39 is 11.5 Å². The van der Waals surface area contributed by atoms with Gasteiger partial charge < -0.3 is 15.0 Å². The third-order valence-corrected chi connectivity index (χ3v) is 3.96. The van der Waals surface area contributed by atoms with Crippen molar-refractivity contribution in [2.45, 2.75) is 67.5 Å². The topological polar surface area (TPSA) is 75.7 Å². The number of nitrogens with zero attached hydrogens (tertiary/aromatic N) is 1. The molecule has 2 amide bonds. The monoisotopic (exact) mass is 354 g/mol. The summed E-state index contributed by atoms with van der Waals surface area (Å²) in [4.78, 5) is 38.0. The van der Waals surface area contributed by atoms with E-state index in [-0.39, 0.29) is 29.7 Å². The molecule has 0 fully saturated rings. The minimum Gasteiger partial charge on any atom is -0.463 e. The van der Waals surface area contributed by atoms with Crippen molar-refractivity contribution in [1.29, 1.82) is 0 Å². The van der Waals surface area contributed by atoms with Gasteiger partial charge in [0.05, 0.1) is 12.6 Å². The van der Waals surface area contributed by atoms with Gasteiger partial charge in [-0.05, 0) is 25.2 Å². The van der Waals surface area contributed by atoms with Gasteiger partial charge in [-0.25, -0.2) is 4.79 Å². The summed E-state index contributed by atoms with van der Waals surface area (Å²) >= 11 is 0. The van der Waals surface area contributed by atoms with Gasteiger partial charge in [-0.2, -0.15) is 0 Å². The van der Waals surface area contributed by atoms with Gasteiger partial charge in [0.15, 0.2) is 0 Å². The molecule has 0 aromatic carbocycles. The minimum atomic E-state index is -0.646. The summed E-state index contributed by atoms with van der Waals surface area (Å²) in [5, 5.41) is 2.75. The lowest BCUT2D eigenvalue weighted by molar-refractivity contribution is -0.140. The lowest BCUT2D eigenvalue weighted by atomic mass is 9.85. The average Bonchev–Trinajstić information content (AvgIpc) is 2.47. The van der Waals surface area contributed by atoms with Crippen LogP contribution >= 0.6 is 0 Å². The molecular formula is C19H34N2O4. The number of hydrogen-bond acceptors (Lipinski definition) is 4. The predicted octanol–water partition coefficient (Wildman–Crippen LogP) is 2.53. The summed E-state index contributed by atoms with van der Waals surface area (Å²) in [6.45, 7) is 14.8. The molecule has 0 aromatic heterocycles. The van der Waals surface area contributed by atoms with Gasteiger partial charge >= 0.3 is 5.97 Å². The van der Waals surface area contributed by atoms with E-state index in [2.05, 4.69) is 5.32 Å². The van der Waals surface area contributed by atoms with E-state index >= 15 is 0 Å². The maximum Gasteiger partial charge on any atom is 0.333 e. The molecule has 0 saturated carbocycles. The molecule has 0 aromatic rings. The van der Waals surface area contributed by atoms with Crippen molar-refractivity contribution in [3.63, 3.8) is 0 Å². The Bertz CT molecular complexity index is 518. The van der Waals surface area contributed by atoms with Crippen molar-refractivity contribution >= 4 is 17.8 Å². The Kier molecular flexibility index (Phi) is 8.88. The maximum atomic E-state index is 13.0. The zero-order chi connectivity index (χ0) is 19.9. The molecular weight excluding hydrogens is 320 g/mol. The van der Waals surface area contributed by atoms with Gasteiger partial charge in [0.2, 0.25) is 11.8 Å². The van der Waals surface area contributed by atoms with E-state index in [1.807, 2.05) is 34.6 Å². The number of likely N-dealkylation sites (N-methyl/N-ethyl adjacent to an activating group) is 1. The smallest absolute Gasteiger partial charge is 0.333 e. The number of carbonyl (C=O) groups is 3. The van der Waals surface area contributed by atoms with Crippen molar-refractivity contribution in [3.8, 4) is 0 Å². The Balaban J connectivity index is 5.61. The third kappa shape index (κ3) is 7.28. The first kappa shape index (κ1) is 23.1.